The molecule has 34 heavy (non-hydrogen) atoms. The van der Waals surface area contributed by atoms with Gasteiger partial charge in [-0.15, -0.1) is 11.3 Å². The van der Waals surface area contributed by atoms with E-state index in [0.717, 1.165) is 16.8 Å². The van der Waals surface area contributed by atoms with Crippen LogP contribution < -0.4 is 5.56 Å². The number of aromatic nitrogens is 3. The second-order valence-electron chi connectivity index (χ2n) is 8.42. The van der Waals surface area contributed by atoms with E-state index in [1.165, 1.54) is 28.2 Å². The van der Waals surface area contributed by atoms with Gasteiger partial charge in [0, 0.05) is 33.2 Å². The third-order valence-corrected chi connectivity index (χ3v) is 7.28. The Kier molecular flexibility index (Phi) is 6.60. The van der Waals surface area contributed by atoms with Gasteiger partial charge in [0.25, 0.3) is 11.5 Å². The minimum absolute atomic E-state index is 0.0469. The lowest BCUT2D eigenvalue weighted by molar-refractivity contribution is -0.131. The Morgan fingerprint density at radius 2 is 1.62 bits per heavy atom. The van der Waals surface area contributed by atoms with Crippen molar-refractivity contribution in [3.63, 3.8) is 0 Å². The van der Waals surface area contributed by atoms with Crippen LogP contribution in [0.1, 0.15) is 32.2 Å². The molecule has 8 nitrogen and oxygen atoms in total. The van der Waals surface area contributed by atoms with Crippen molar-refractivity contribution < 1.29 is 14.0 Å². The summed E-state index contributed by atoms with van der Waals surface area (Å²) in [7, 11) is 1.60. The van der Waals surface area contributed by atoms with Crippen molar-refractivity contribution in [3.8, 4) is 10.6 Å². The molecule has 1 aromatic carbocycles. The van der Waals surface area contributed by atoms with E-state index < -0.39 is 0 Å². The van der Waals surface area contributed by atoms with Crippen LogP contribution in [0.2, 0.25) is 0 Å². The lowest BCUT2D eigenvalue weighted by atomic mass is 10.1. The number of halogens is 1. The average Bonchev–Trinajstić information content (AvgIpc) is 3.20. The van der Waals surface area contributed by atoms with Crippen LogP contribution in [0.3, 0.4) is 0 Å². The first kappa shape index (κ1) is 23.7. The van der Waals surface area contributed by atoms with Crippen LogP contribution in [0.4, 0.5) is 4.39 Å². The van der Waals surface area contributed by atoms with E-state index >= 15 is 0 Å². The topological polar surface area (TPSA) is 88.4 Å². The van der Waals surface area contributed by atoms with Gasteiger partial charge in [0.1, 0.15) is 15.7 Å². The summed E-state index contributed by atoms with van der Waals surface area (Å²) in [5.74, 6) is -0.527. The SMILES string of the molecule is Cc1nc(-c2c(C)c(C)nn(C)c2=O)sc1C(=O)N1CCN(C(=O)Cc2ccc(F)cc2)CC1. The van der Waals surface area contributed by atoms with E-state index in [1.54, 1.807) is 35.9 Å². The van der Waals surface area contributed by atoms with Gasteiger partial charge in [-0.05, 0) is 44.0 Å². The number of carbonyl (C=O) groups is 2. The van der Waals surface area contributed by atoms with Gasteiger partial charge < -0.3 is 9.80 Å². The highest BCUT2D eigenvalue weighted by molar-refractivity contribution is 7.17. The monoisotopic (exact) mass is 483 g/mol. The largest absolute Gasteiger partial charge is 0.339 e. The molecule has 0 N–H and O–H groups in total. The normalized spacial score (nSPS) is 13.9. The smallest absolute Gasteiger partial charge is 0.277 e. The molecule has 0 atom stereocenters. The summed E-state index contributed by atoms with van der Waals surface area (Å²) >= 11 is 1.22. The zero-order valence-corrected chi connectivity index (χ0v) is 20.4. The van der Waals surface area contributed by atoms with Crippen LogP contribution >= 0.6 is 11.3 Å². The number of amides is 2. The van der Waals surface area contributed by atoms with Gasteiger partial charge in [-0.2, -0.15) is 5.10 Å². The first-order valence-corrected chi connectivity index (χ1v) is 11.8. The highest BCUT2D eigenvalue weighted by Gasteiger charge is 2.28. The summed E-state index contributed by atoms with van der Waals surface area (Å²) in [5.41, 5.74) is 3.05. The number of benzene rings is 1. The molecule has 1 aliphatic rings. The number of thiazole rings is 1. The summed E-state index contributed by atoms with van der Waals surface area (Å²) in [6.07, 6.45) is 0.200. The van der Waals surface area contributed by atoms with Crippen LogP contribution in [-0.2, 0) is 18.3 Å². The molecule has 1 saturated heterocycles. The molecular formula is C24H26FN5O3S. The van der Waals surface area contributed by atoms with Gasteiger partial charge >= 0.3 is 0 Å². The number of rotatable bonds is 4. The zero-order valence-electron chi connectivity index (χ0n) is 19.6. The molecule has 0 bridgehead atoms. The molecule has 178 valence electrons. The average molecular weight is 484 g/mol. The molecule has 3 heterocycles. The summed E-state index contributed by atoms with van der Waals surface area (Å²) in [6.45, 7) is 7.12. The van der Waals surface area contributed by atoms with E-state index in [1.807, 2.05) is 13.8 Å². The Morgan fingerprint density at radius 1 is 1.00 bits per heavy atom. The van der Waals surface area contributed by atoms with Gasteiger partial charge in [0.05, 0.1) is 23.4 Å². The molecule has 0 unspecified atom stereocenters. The van der Waals surface area contributed by atoms with Crippen molar-refractivity contribution in [2.24, 2.45) is 7.05 Å². The fourth-order valence-electron chi connectivity index (χ4n) is 3.99. The lowest BCUT2D eigenvalue weighted by Gasteiger charge is -2.34. The number of carbonyl (C=O) groups excluding carboxylic acids is 2. The lowest BCUT2D eigenvalue weighted by Crippen LogP contribution is -2.51. The van der Waals surface area contributed by atoms with Gasteiger partial charge in [-0.25, -0.2) is 14.1 Å². The highest BCUT2D eigenvalue weighted by Crippen LogP contribution is 2.29. The fourth-order valence-corrected chi connectivity index (χ4v) is 5.12. The molecule has 1 fully saturated rings. The van der Waals surface area contributed by atoms with Crippen molar-refractivity contribution in [2.45, 2.75) is 27.2 Å². The second kappa shape index (κ2) is 9.46. The molecule has 3 aromatic rings. The molecule has 4 rings (SSSR count). The van der Waals surface area contributed by atoms with Crippen LogP contribution in [0.5, 0.6) is 0 Å². The van der Waals surface area contributed by atoms with E-state index in [0.29, 0.717) is 47.3 Å². The predicted octanol–water partition coefficient (Wildman–Crippen LogP) is 2.50. The standard InChI is InChI=1S/C24H26FN5O3S/c1-14-15(2)27-28(4)23(32)20(14)22-26-16(3)21(34-22)24(33)30-11-9-29(10-12-30)19(31)13-17-5-7-18(25)8-6-17/h5-8H,9-13H2,1-4H3. The number of piperazine rings is 1. The Hall–Kier alpha value is -3.40. The Labute approximate surface area is 200 Å². The predicted molar refractivity (Wildman–Crippen MR) is 127 cm³/mol. The van der Waals surface area contributed by atoms with Gasteiger partial charge in [-0.1, -0.05) is 12.1 Å². The summed E-state index contributed by atoms with van der Waals surface area (Å²) in [6, 6.07) is 5.90. The van der Waals surface area contributed by atoms with Crippen LogP contribution in [0, 0.1) is 26.6 Å². The van der Waals surface area contributed by atoms with Gasteiger partial charge in [0.2, 0.25) is 5.91 Å². The molecular weight excluding hydrogens is 457 g/mol. The minimum Gasteiger partial charge on any atom is -0.339 e. The van der Waals surface area contributed by atoms with Crippen molar-refractivity contribution in [3.05, 3.63) is 67.8 Å². The Morgan fingerprint density at radius 3 is 2.26 bits per heavy atom. The number of nitrogens with zero attached hydrogens (tertiary/aromatic N) is 5. The third kappa shape index (κ3) is 4.63. The molecule has 10 heteroatoms. The van der Waals surface area contributed by atoms with Crippen molar-refractivity contribution in [1.82, 2.24) is 24.6 Å². The fraction of sp³-hybridized carbons (Fsp3) is 0.375. The first-order chi connectivity index (χ1) is 16.2. The van der Waals surface area contributed by atoms with Gasteiger partial charge in [-0.3, -0.25) is 14.4 Å². The maximum atomic E-state index is 13.2. The third-order valence-electron chi connectivity index (χ3n) is 6.12. The van der Waals surface area contributed by atoms with E-state index in [4.69, 9.17) is 0 Å². The number of hydrogen-bond acceptors (Lipinski definition) is 6. The summed E-state index contributed by atoms with van der Waals surface area (Å²) < 4.78 is 14.4. The van der Waals surface area contributed by atoms with Crippen LogP contribution in [0.15, 0.2) is 29.1 Å². The molecule has 0 aliphatic carbocycles. The zero-order chi connectivity index (χ0) is 24.6. The first-order valence-electron chi connectivity index (χ1n) is 11.0. The highest BCUT2D eigenvalue weighted by atomic mass is 32.1. The van der Waals surface area contributed by atoms with Crippen LogP contribution in [0.25, 0.3) is 10.6 Å². The molecule has 0 spiro atoms. The van der Waals surface area contributed by atoms with E-state index in [2.05, 4.69) is 10.1 Å². The Bertz CT molecular complexity index is 1310. The molecule has 2 amide bonds. The maximum Gasteiger partial charge on any atom is 0.277 e. The van der Waals surface area contributed by atoms with Crippen molar-refractivity contribution in [1.29, 1.82) is 0 Å². The van der Waals surface area contributed by atoms with E-state index in [-0.39, 0.29) is 29.6 Å². The molecule has 1 aliphatic heterocycles. The van der Waals surface area contributed by atoms with Gasteiger partial charge in [0.15, 0.2) is 0 Å². The summed E-state index contributed by atoms with van der Waals surface area (Å²) in [5, 5.41) is 4.72. The van der Waals surface area contributed by atoms with Crippen LogP contribution in [-0.4, -0.2) is 62.6 Å². The summed E-state index contributed by atoms with van der Waals surface area (Å²) in [4.78, 5) is 47.0. The molecule has 2 aromatic heterocycles. The molecule has 0 radical (unpaired) electrons. The molecule has 0 saturated carbocycles. The quantitative estimate of drug-likeness (QED) is 0.569. The van der Waals surface area contributed by atoms with Crippen molar-refractivity contribution >= 4 is 23.2 Å². The minimum atomic E-state index is -0.334. The number of aryl methyl sites for hydroxylation is 3. The Balaban J connectivity index is 1.45. The second-order valence-corrected chi connectivity index (χ2v) is 9.42. The van der Waals surface area contributed by atoms with Crippen molar-refractivity contribution in [2.75, 3.05) is 26.2 Å². The van der Waals surface area contributed by atoms with E-state index in [9.17, 15) is 18.8 Å². The number of hydrogen-bond donors (Lipinski definition) is 0. The maximum absolute atomic E-state index is 13.2.